The molecule has 1 aliphatic heterocycles. The van der Waals surface area contributed by atoms with Crippen molar-refractivity contribution in [3.63, 3.8) is 0 Å². The fourth-order valence-electron chi connectivity index (χ4n) is 3.72. The molecule has 0 amide bonds. The molecule has 5 nitrogen and oxygen atoms in total. The van der Waals surface area contributed by atoms with Gasteiger partial charge in [-0.3, -0.25) is 4.90 Å². The van der Waals surface area contributed by atoms with Crippen LogP contribution in [0.3, 0.4) is 0 Å². The smallest absolute Gasteiger partial charge is 0.229 e. The van der Waals surface area contributed by atoms with Gasteiger partial charge in [0.15, 0.2) is 0 Å². The summed E-state index contributed by atoms with van der Waals surface area (Å²) in [6, 6.07) is 15.0. The first-order valence-electron chi connectivity index (χ1n) is 10.3. The number of nitrogens with zero attached hydrogens (tertiary/aromatic N) is 2. The van der Waals surface area contributed by atoms with Gasteiger partial charge in [-0.1, -0.05) is 30.3 Å². The Morgan fingerprint density at radius 3 is 2.60 bits per heavy atom. The Morgan fingerprint density at radius 1 is 1.13 bits per heavy atom. The molecule has 0 atom stereocenters. The van der Waals surface area contributed by atoms with Crippen LogP contribution in [0.2, 0.25) is 0 Å². The van der Waals surface area contributed by atoms with Crippen LogP contribution in [0.25, 0.3) is 11.5 Å². The quantitative estimate of drug-likeness (QED) is 0.550. The molecule has 0 unspecified atom stereocenters. The topological polar surface area (TPSA) is 47.7 Å². The Kier molecular flexibility index (Phi) is 6.45. The molecular weight excluding hydrogens is 383 g/mol. The zero-order valence-electron chi connectivity index (χ0n) is 17.4. The molecule has 4 rings (SSSR count). The number of benzene rings is 2. The highest BCUT2D eigenvalue weighted by Gasteiger charge is 2.22. The maximum absolute atomic E-state index is 14.4. The van der Waals surface area contributed by atoms with Crippen molar-refractivity contribution in [2.75, 3.05) is 20.2 Å². The molecule has 2 aromatic carbocycles. The molecule has 6 heteroatoms. The van der Waals surface area contributed by atoms with Crippen LogP contribution in [0.4, 0.5) is 4.39 Å². The van der Waals surface area contributed by atoms with Crippen molar-refractivity contribution in [3.8, 4) is 17.2 Å². The van der Waals surface area contributed by atoms with Crippen LogP contribution in [0.5, 0.6) is 5.75 Å². The molecule has 158 valence electrons. The number of aromatic nitrogens is 1. The van der Waals surface area contributed by atoms with Gasteiger partial charge in [-0.25, -0.2) is 9.37 Å². The summed E-state index contributed by atoms with van der Waals surface area (Å²) in [5.41, 5.74) is 2.40. The summed E-state index contributed by atoms with van der Waals surface area (Å²) in [7, 11) is 1.51. The van der Waals surface area contributed by atoms with Crippen LogP contribution in [0, 0.1) is 12.7 Å². The molecule has 0 saturated carbocycles. The van der Waals surface area contributed by atoms with E-state index in [1.54, 1.807) is 12.1 Å². The van der Waals surface area contributed by atoms with E-state index in [1.807, 2.05) is 25.1 Å². The zero-order valence-corrected chi connectivity index (χ0v) is 17.4. The number of ether oxygens (including phenoxy) is 2. The highest BCUT2D eigenvalue weighted by atomic mass is 19.1. The number of methoxy groups -OCH3 is 1. The first-order valence-corrected chi connectivity index (χ1v) is 10.3. The van der Waals surface area contributed by atoms with E-state index in [0.29, 0.717) is 30.4 Å². The third-order valence-electron chi connectivity index (χ3n) is 5.54. The lowest BCUT2D eigenvalue weighted by Crippen LogP contribution is -2.36. The first-order chi connectivity index (χ1) is 14.6. The molecule has 30 heavy (non-hydrogen) atoms. The number of halogens is 1. The second-order valence-electron chi connectivity index (χ2n) is 7.64. The summed E-state index contributed by atoms with van der Waals surface area (Å²) < 4.78 is 31.2. The van der Waals surface area contributed by atoms with Gasteiger partial charge in [-0.15, -0.1) is 0 Å². The van der Waals surface area contributed by atoms with E-state index in [-0.39, 0.29) is 6.10 Å². The van der Waals surface area contributed by atoms with E-state index >= 15 is 0 Å². The lowest BCUT2D eigenvalue weighted by atomic mass is 10.1. The lowest BCUT2D eigenvalue weighted by molar-refractivity contribution is -0.00418. The van der Waals surface area contributed by atoms with Crippen molar-refractivity contribution in [1.82, 2.24) is 9.88 Å². The molecule has 3 aromatic rings. The summed E-state index contributed by atoms with van der Waals surface area (Å²) in [6.07, 6.45) is 2.26. The summed E-state index contributed by atoms with van der Waals surface area (Å²) in [5, 5.41) is 0. The molecule has 1 saturated heterocycles. The Morgan fingerprint density at radius 2 is 1.90 bits per heavy atom. The minimum Gasteiger partial charge on any atom is -0.497 e. The number of aryl methyl sites for hydroxylation is 1. The highest BCUT2D eigenvalue weighted by molar-refractivity contribution is 5.56. The van der Waals surface area contributed by atoms with Gasteiger partial charge < -0.3 is 13.9 Å². The van der Waals surface area contributed by atoms with Crippen molar-refractivity contribution in [3.05, 3.63) is 71.4 Å². The van der Waals surface area contributed by atoms with Crippen LogP contribution in [-0.2, 0) is 17.9 Å². The standard InChI is InChI=1S/C24H27FN2O3/c1-17-23(26-24(30-17)21-9-8-20(28-2)14-22(21)25)15-27-12-10-19(11-13-27)29-16-18-6-4-3-5-7-18/h3-9,14,19H,10-13,15-16H2,1-2H3. The zero-order chi connectivity index (χ0) is 20.9. The van der Waals surface area contributed by atoms with E-state index in [4.69, 9.17) is 13.9 Å². The number of likely N-dealkylation sites (tertiary alicyclic amines) is 1. The molecular formula is C24H27FN2O3. The van der Waals surface area contributed by atoms with Gasteiger partial charge in [0, 0.05) is 25.7 Å². The number of oxazole rings is 1. The molecule has 0 N–H and O–H groups in total. The predicted octanol–water partition coefficient (Wildman–Crippen LogP) is 4.98. The van der Waals surface area contributed by atoms with Gasteiger partial charge in [0.05, 0.1) is 31.1 Å². The second-order valence-corrected chi connectivity index (χ2v) is 7.64. The maximum Gasteiger partial charge on any atom is 0.229 e. The summed E-state index contributed by atoms with van der Waals surface area (Å²) >= 11 is 0. The average molecular weight is 410 g/mol. The Hall–Kier alpha value is -2.70. The Labute approximate surface area is 176 Å². The van der Waals surface area contributed by atoms with Crippen molar-refractivity contribution >= 4 is 0 Å². The van der Waals surface area contributed by atoms with E-state index in [0.717, 1.165) is 37.4 Å². The minimum atomic E-state index is -0.404. The molecule has 0 bridgehead atoms. The first kappa shape index (κ1) is 20.6. The maximum atomic E-state index is 14.4. The van der Waals surface area contributed by atoms with E-state index in [9.17, 15) is 4.39 Å². The number of piperidine rings is 1. The largest absolute Gasteiger partial charge is 0.497 e. The van der Waals surface area contributed by atoms with Gasteiger partial charge in [-0.05, 0) is 37.5 Å². The van der Waals surface area contributed by atoms with Crippen LogP contribution in [0.15, 0.2) is 52.9 Å². The number of hydrogen-bond acceptors (Lipinski definition) is 5. The summed E-state index contributed by atoms with van der Waals surface area (Å²) in [6.45, 7) is 5.11. The predicted molar refractivity (Wildman–Crippen MR) is 113 cm³/mol. The third-order valence-corrected chi connectivity index (χ3v) is 5.54. The minimum absolute atomic E-state index is 0.281. The fraction of sp³-hybridized carbons (Fsp3) is 0.375. The molecule has 1 fully saturated rings. The van der Waals surface area contributed by atoms with Gasteiger partial charge in [-0.2, -0.15) is 0 Å². The van der Waals surface area contributed by atoms with Crippen molar-refractivity contribution in [2.24, 2.45) is 0 Å². The molecule has 0 radical (unpaired) electrons. The summed E-state index contributed by atoms with van der Waals surface area (Å²) in [5.74, 6) is 1.10. The van der Waals surface area contributed by atoms with Gasteiger partial charge in [0.1, 0.15) is 17.3 Å². The van der Waals surface area contributed by atoms with E-state index in [2.05, 4.69) is 22.0 Å². The monoisotopic (exact) mass is 410 g/mol. The Balaban J connectivity index is 1.32. The Bertz CT molecular complexity index is 966. The molecule has 1 aromatic heterocycles. The SMILES string of the molecule is COc1ccc(-c2nc(CN3CCC(OCc4ccccc4)CC3)c(C)o2)c(F)c1. The molecule has 0 spiro atoms. The van der Waals surface area contributed by atoms with Gasteiger partial charge >= 0.3 is 0 Å². The number of hydrogen-bond donors (Lipinski definition) is 0. The lowest BCUT2D eigenvalue weighted by Gasteiger charge is -2.31. The summed E-state index contributed by atoms with van der Waals surface area (Å²) in [4.78, 5) is 6.91. The molecule has 2 heterocycles. The van der Waals surface area contributed by atoms with Crippen molar-refractivity contribution in [1.29, 1.82) is 0 Å². The molecule has 1 aliphatic rings. The van der Waals surface area contributed by atoms with Crippen LogP contribution in [0.1, 0.15) is 29.9 Å². The fourth-order valence-corrected chi connectivity index (χ4v) is 3.72. The number of rotatable bonds is 7. The van der Waals surface area contributed by atoms with Gasteiger partial charge in [0.2, 0.25) is 5.89 Å². The molecule has 0 aliphatic carbocycles. The van der Waals surface area contributed by atoms with Crippen molar-refractivity contribution < 1.29 is 18.3 Å². The van der Waals surface area contributed by atoms with Crippen LogP contribution in [-0.4, -0.2) is 36.2 Å². The van der Waals surface area contributed by atoms with Crippen LogP contribution < -0.4 is 4.74 Å². The van der Waals surface area contributed by atoms with E-state index < -0.39 is 5.82 Å². The van der Waals surface area contributed by atoms with Crippen LogP contribution >= 0.6 is 0 Å². The van der Waals surface area contributed by atoms with Crippen molar-refractivity contribution in [2.45, 2.75) is 39.0 Å². The van der Waals surface area contributed by atoms with Gasteiger partial charge in [0.25, 0.3) is 0 Å². The highest BCUT2D eigenvalue weighted by Crippen LogP contribution is 2.28. The average Bonchev–Trinajstić information content (AvgIpc) is 3.13. The second kappa shape index (κ2) is 9.41. The normalized spacial score (nSPS) is 15.4. The van der Waals surface area contributed by atoms with E-state index in [1.165, 1.54) is 18.7 Å². The third kappa shape index (κ3) is 4.89.